The molecule has 0 bridgehead atoms. The molecule has 0 aliphatic heterocycles. The highest BCUT2D eigenvalue weighted by molar-refractivity contribution is 7.15. The minimum atomic E-state index is 0.501. The minimum absolute atomic E-state index is 0.501. The first kappa shape index (κ1) is 13.3. The molecular weight excluding hydrogens is 264 g/mol. The van der Waals surface area contributed by atoms with E-state index >= 15 is 0 Å². The van der Waals surface area contributed by atoms with Crippen LogP contribution in [0.4, 0.5) is 0 Å². The number of hydrogen-bond donors (Lipinski definition) is 1. The predicted molar refractivity (Wildman–Crippen MR) is 87.0 cm³/mol. The van der Waals surface area contributed by atoms with Crippen LogP contribution in [0.2, 0.25) is 0 Å². The molecule has 102 valence electrons. The molecule has 0 atom stereocenters. The van der Waals surface area contributed by atoms with Gasteiger partial charge >= 0.3 is 0 Å². The van der Waals surface area contributed by atoms with Crippen LogP contribution in [-0.4, -0.2) is 11.0 Å². The molecular formula is C17H18N2S. The molecule has 0 unspecified atom stereocenters. The van der Waals surface area contributed by atoms with Crippen LogP contribution in [0.15, 0.2) is 48.7 Å². The van der Waals surface area contributed by atoms with Crippen molar-refractivity contribution in [2.24, 2.45) is 0 Å². The second kappa shape index (κ2) is 5.73. The lowest BCUT2D eigenvalue weighted by atomic mass is 10.1. The van der Waals surface area contributed by atoms with Crippen LogP contribution in [0.1, 0.15) is 18.7 Å². The Bertz CT molecular complexity index is 716. The fourth-order valence-corrected chi connectivity index (χ4v) is 3.01. The number of rotatable bonds is 4. The Morgan fingerprint density at radius 3 is 2.70 bits per heavy atom. The lowest BCUT2D eigenvalue weighted by Crippen LogP contribution is -2.21. The fraction of sp³-hybridized carbons (Fsp3) is 0.235. The highest BCUT2D eigenvalue weighted by Crippen LogP contribution is 2.28. The summed E-state index contributed by atoms with van der Waals surface area (Å²) in [4.78, 5) is 5.83. The van der Waals surface area contributed by atoms with Crippen LogP contribution < -0.4 is 5.32 Å². The Kier molecular flexibility index (Phi) is 3.81. The highest BCUT2D eigenvalue weighted by atomic mass is 32.1. The zero-order valence-corrected chi connectivity index (χ0v) is 12.6. The first-order chi connectivity index (χ1) is 9.72. The summed E-state index contributed by atoms with van der Waals surface area (Å²) in [6.07, 6.45) is 1.98. The van der Waals surface area contributed by atoms with Crippen molar-refractivity contribution < 1.29 is 0 Å². The maximum atomic E-state index is 4.55. The molecule has 0 amide bonds. The van der Waals surface area contributed by atoms with Gasteiger partial charge in [0.05, 0.1) is 0 Å². The van der Waals surface area contributed by atoms with E-state index in [2.05, 4.69) is 66.6 Å². The van der Waals surface area contributed by atoms with Gasteiger partial charge < -0.3 is 5.32 Å². The maximum Gasteiger partial charge on any atom is 0.123 e. The molecule has 0 radical (unpaired) electrons. The van der Waals surface area contributed by atoms with E-state index in [-0.39, 0.29) is 0 Å². The first-order valence-electron chi connectivity index (χ1n) is 6.89. The Morgan fingerprint density at radius 1 is 1.10 bits per heavy atom. The molecule has 0 aliphatic carbocycles. The number of fused-ring (bicyclic) bond motifs is 1. The number of benzene rings is 2. The summed E-state index contributed by atoms with van der Waals surface area (Å²) in [7, 11) is 0. The van der Waals surface area contributed by atoms with Gasteiger partial charge in [0.2, 0.25) is 0 Å². The number of hydrogen-bond acceptors (Lipinski definition) is 3. The summed E-state index contributed by atoms with van der Waals surface area (Å²) in [6, 6.07) is 15.5. The van der Waals surface area contributed by atoms with Crippen molar-refractivity contribution >= 4 is 22.1 Å². The van der Waals surface area contributed by atoms with Crippen molar-refractivity contribution in [1.29, 1.82) is 0 Å². The molecule has 0 saturated carbocycles. The summed E-state index contributed by atoms with van der Waals surface area (Å²) < 4.78 is 0. The Morgan fingerprint density at radius 2 is 1.90 bits per heavy atom. The first-order valence-corrected chi connectivity index (χ1v) is 7.71. The third kappa shape index (κ3) is 2.89. The summed E-state index contributed by atoms with van der Waals surface area (Å²) in [5.41, 5.74) is 1.20. The minimum Gasteiger partial charge on any atom is -0.310 e. The largest absolute Gasteiger partial charge is 0.310 e. The summed E-state index contributed by atoms with van der Waals surface area (Å²) in [6.45, 7) is 5.21. The fourth-order valence-electron chi connectivity index (χ4n) is 2.15. The second-order valence-corrected chi connectivity index (χ2v) is 6.34. The van der Waals surface area contributed by atoms with Gasteiger partial charge in [0.15, 0.2) is 0 Å². The molecule has 2 aromatic carbocycles. The molecule has 0 aliphatic rings. The van der Waals surface area contributed by atoms with Crippen molar-refractivity contribution in [3.8, 4) is 10.6 Å². The number of nitrogens with one attached hydrogen (secondary N) is 1. The molecule has 1 heterocycles. The monoisotopic (exact) mass is 282 g/mol. The predicted octanol–water partition coefficient (Wildman–Crippen LogP) is 4.46. The SMILES string of the molecule is CC(C)NCc1cnc(-c2ccc3ccccc3c2)s1. The van der Waals surface area contributed by atoms with Crippen molar-refractivity contribution in [1.82, 2.24) is 10.3 Å². The molecule has 0 fully saturated rings. The van der Waals surface area contributed by atoms with Crippen LogP contribution >= 0.6 is 11.3 Å². The van der Waals surface area contributed by atoms with Crippen molar-refractivity contribution in [2.45, 2.75) is 26.4 Å². The molecule has 0 saturated heterocycles. The van der Waals surface area contributed by atoms with Gasteiger partial charge in [0.1, 0.15) is 5.01 Å². The summed E-state index contributed by atoms with van der Waals surface area (Å²) >= 11 is 1.76. The van der Waals surface area contributed by atoms with Crippen LogP contribution in [0.3, 0.4) is 0 Å². The van der Waals surface area contributed by atoms with Gasteiger partial charge in [-0.05, 0) is 16.8 Å². The van der Waals surface area contributed by atoms with Gasteiger partial charge in [0, 0.05) is 29.2 Å². The third-order valence-electron chi connectivity index (χ3n) is 3.23. The van der Waals surface area contributed by atoms with E-state index in [1.54, 1.807) is 11.3 Å². The van der Waals surface area contributed by atoms with E-state index in [1.165, 1.54) is 21.2 Å². The number of aromatic nitrogens is 1. The van der Waals surface area contributed by atoms with Crippen LogP contribution in [0.25, 0.3) is 21.3 Å². The van der Waals surface area contributed by atoms with Gasteiger partial charge in [-0.1, -0.05) is 50.2 Å². The van der Waals surface area contributed by atoms with E-state index in [1.807, 2.05) is 6.20 Å². The van der Waals surface area contributed by atoms with Crippen LogP contribution in [-0.2, 0) is 6.54 Å². The van der Waals surface area contributed by atoms with Crippen molar-refractivity contribution in [3.63, 3.8) is 0 Å². The summed E-state index contributed by atoms with van der Waals surface area (Å²) in [5, 5.41) is 7.06. The topological polar surface area (TPSA) is 24.9 Å². The van der Waals surface area contributed by atoms with Gasteiger partial charge in [0.25, 0.3) is 0 Å². The second-order valence-electron chi connectivity index (χ2n) is 5.23. The van der Waals surface area contributed by atoms with Gasteiger partial charge in [-0.25, -0.2) is 4.98 Å². The molecule has 3 rings (SSSR count). The lowest BCUT2D eigenvalue weighted by molar-refractivity contribution is 0.593. The van der Waals surface area contributed by atoms with E-state index in [0.29, 0.717) is 6.04 Å². The Labute approximate surface area is 123 Å². The van der Waals surface area contributed by atoms with Crippen LogP contribution in [0, 0.1) is 0 Å². The zero-order chi connectivity index (χ0) is 13.9. The highest BCUT2D eigenvalue weighted by Gasteiger charge is 2.06. The molecule has 3 heteroatoms. The standard InChI is InChI=1S/C17H18N2S/c1-12(2)18-10-16-11-19-17(20-16)15-8-7-13-5-3-4-6-14(13)9-15/h3-9,11-12,18H,10H2,1-2H3. The van der Waals surface area contributed by atoms with E-state index in [9.17, 15) is 0 Å². The maximum absolute atomic E-state index is 4.55. The van der Waals surface area contributed by atoms with E-state index in [0.717, 1.165) is 11.6 Å². The molecule has 1 N–H and O–H groups in total. The molecule has 20 heavy (non-hydrogen) atoms. The third-order valence-corrected chi connectivity index (χ3v) is 4.28. The van der Waals surface area contributed by atoms with Gasteiger partial charge in [-0.3, -0.25) is 0 Å². The summed E-state index contributed by atoms with van der Waals surface area (Å²) in [5.74, 6) is 0. The number of nitrogens with zero attached hydrogens (tertiary/aromatic N) is 1. The average Bonchev–Trinajstić information content (AvgIpc) is 2.93. The molecule has 0 spiro atoms. The van der Waals surface area contributed by atoms with Gasteiger partial charge in [-0.15, -0.1) is 11.3 Å². The average molecular weight is 282 g/mol. The van der Waals surface area contributed by atoms with E-state index < -0.39 is 0 Å². The Hall–Kier alpha value is -1.71. The Balaban J connectivity index is 1.87. The van der Waals surface area contributed by atoms with Crippen LogP contribution in [0.5, 0.6) is 0 Å². The normalized spacial score (nSPS) is 11.3. The quantitative estimate of drug-likeness (QED) is 0.764. The lowest BCUT2D eigenvalue weighted by Gasteiger charge is -2.04. The van der Waals surface area contributed by atoms with E-state index in [4.69, 9.17) is 0 Å². The van der Waals surface area contributed by atoms with Crippen molar-refractivity contribution in [2.75, 3.05) is 0 Å². The molecule has 2 nitrogen and oxygen atoms in total. The molecule has 1 aromatic heterocycles. The molecule has 3 aromatic rings. The van der Waals surface area contributed by atoms with Gasteiger partial charge in [-0.2, -0.15) is 0 Å². The smallest absolute Gasteiger partial charge is 0.123 e. The van der Waals surface area contributed by atoms with Crippen molar-refractivity contribution in [3.05, 3.63) is 53.5 Å². The zero-order valence-electron chi connectivity index (χ0n) is 11.8. The number of thiazole rings is 1.